The maximum absolute atomic E-state index is 13.2. The van der Waals surface area contributed by atoms with E-state index in [9.17, 15) is 23.1 Å². The molecule has 0 saturated carbocycles. The molecule has 0 aliphatic heterocycles. The lowest BCUT2D eigenvalue weighted by molar-refractivity contribution is -0.141. The number of benzene rings is 1. The Morgan fingerprint density at radius 1 is 1.31 bits per heavy atom. The molecule has 0 fully saturated rings. The van der Waals surface area contributed by atoms with Crippen LogP contribution in [0.3, 0.4) is 0 Å². The molecule has 0 saturated heterocycles. The molecule has 3 aromatic rings. The molecule has 2 heterocycles. The summed E-state index contributed by atoms with van der Waals surface area (Å²) in [6.45, 7) is 4.25. The maximum Gasteiger partial charge on any atom is 0.435 e. The smallest absolute Gasteiger partial charge is 0.435 e. The molecule has 5 nitrogen and oxygen atoms in total. The number of carboxylic acid groups (broad SMARTS) is 1. The van der Waals surface area contributed by atoms with Crippen molar-refractivity contribution in [2.45, 2.75) is 26.4 Å². The van der Waals surface area contributed by atoms with Gasteiger partial charge in [-0.1, -0.05) is 6.92 Å². The third kappa shape index (κ3) is 3.14. The predicted octanol–water partition coefficient (Wildman–Crippen LogP) is 4.88. The van der Waals surface area contributed by atoms with E-state index in [4.69, 9.17) is 4.74 Å². The number of thiazole rings is 1. The Morgan fingerprint density at radius 2 is 1.96 bits per heavy atom. The predicted molar refractivity (Wildman–Crippen MR) is 91.0 cm³/mol. The van der Waals surface area contributed by atoms with Gasteiger partial charge in [0.15, 0.2) is 16.3 Å². The Hall–Kier alpha value is -2.55. The molecule has 0 amide bonds. The van der Waals surface area contributed by atoms with Crippen molar-refractivity contribution in [2.75, 3.05) is 6.61 Å². The molecule has 3 rings (SSSR count). The second kappa shape index (κ2) is 6.64. The lowest BCUT2D eigenvalue weighted by Gasteiger charge is -2.08. The van der Waals surface area contributed by atoms with E-state index in [0.29, 0.717) is 28.5 Å². The second-order valence-electron chi connectivity index (χ2n) is 5.61. The molecule has 0 spiro atoms. The summed E-state index contributed by atoms with van der Waals surface area (Å²) in [7, 11) is 0. The van der Waals surface area contributed by atoms with Crippen molar-refractivity contribution in [1.29, 1.82) is 0 Å². The fourth-order valence-electron chi connectivity index (χ4n) is 2.67. The van der Waals surface area contributed by atoms with Crippen molar-refractivity contribution < 1.29 is 27.8 Å². The quantitative estimate of drug-likeness (QED) is 0.681. The number of aromatic carboxylic acids is 1. The van der Waals surface area contributed by atoms with Gasteiger partial charge in [-0.15, -0.1) is 11.3 Å². The highest BCUT2D eigenvalue weighted by molar-refractivity contribution is 7.17. The van der Waals surface area contributed by atoms with Gasteiger partial charge in [-0.25, -0.2) is 9.78 Å². The number of hydrogen-bond acceptors (Lipinski definition) is 4. The third-order valence-corrected chi connectivity index (χ3v) is 4.68. The average molecular weight is 384 g/mol. The van der Waals surface area contributed by atoms with Crippen LogP contribution in [-0.2, 0) is 6.18 Å². The SMILES string of the molecule is CCCOc1ccc(-c2c(C)sc3nc(C(F)(F)F)c(C(=O)O)n23)cc1. The van der Waals surface area contributed by atoms with Gasteiger partial charge in [0.05, 0.1) is 12.3 Å². The van der Waals surface area contributed by atoms with Crippen LogP contribution in [0.25, 0.3) is 16.2 Å². The van der Waals surface area contributed by atoms with Crippen molar-refractivity contribution in [3.8, 4) is 17.0 Å². The molecule has 0 unspecified atom stereocenters. The van der Waals surface area contributed by atoms with Gasteiger partial charge in [0, 0.05) is 4.88 Å². The summed E-state index contributed by atoms with van der Waals surface area (Å²) in [5.41, 5.74) is -1.29. The Morgan fingerprint density at radius 3 is 2.50 bits per heavy atom. The lowest BCUT2D eigenvalue weighted by atomic mass is 10.1. The minimum Gasteiger partial charge on any atom is -0.494 e. The van der Waals surface area contributed by atoms with E-state index in [2.05, 4.69) is 4.98 Å². The fourth-order valence-corrected chi connectivity index (χ4v) is 3.67. The Balaban J connectivity index is 2.18. The summed E-state index contributed by atoms with van der Waals surface area (Å²) in [5, 5.41) is 9.36. The van der Waals surface area contributed by atoms with Crippen molar-refractivity contribution in [1.82, 2.24) is 9.38 Å². The molecule has 0 radical (unpaired) electrons. The summed E-state index contributed by atoms with van der Waals surface area (Å²) in [6.07, 6.45) is -3.99. The molecule has 0 aliphatic carbocycles. The summed E-state index contributed by atoms with van der Waals surface area (Å²) >= 11 is 1.02. The number of alkyl halides is 3. The number of aryl methyl sites for hydroxylation is 1. The van der Waals surface area contributed by atoms with Gasteiger partial charge in [0.25, 0.3) is 0 Å². The zero-order valence-electron chi connectivity index (χ0n) is 13.9. The number of carboxylic acids is 1. The van der Waals surface area contributed by atoms with E-state index in [1.165, 1.54) is 0 Å². The van der Waals surface area contributed by atoms with E-state index in [1.807, 2.05) is 6.92 Å². The van der Waals surface area contributed by atoms with Gasteiger partial charge in [-0.3, -0.25) is 4.40 Å². The topological polar surface area (TPSA) is 63.8 Å². The van der Waals surface area contributed by atoms with Crippen LogP contribution in [-0.4, -0.2) is 27.1 Å². The highest BCUT2D eigenvalue weighted by Crippen LogP contribution is 2.38. The van der Waals surface area contributed by atoms with Crippen LogP contribution in [0, 0.1) is 6.92 Å². The van der Waals surface area contributed by atoms with Crippen LogP contribution in [0.5, 0.6) is 5.75 Å². The number of hydrogen-bond donors (Lipinski definition) is 1. The molecule has 1 aromatic carbocycles. The highest BCUT2D eigenvalue weighted by Gasteiger charge is 2.41. The molecule has 0 bridgehead atoms. The molecule has 9 heteroatoms. The van der Waals surface area contributed by atoms with Crippen LogP contribution in [0.4, 0.5) is 13.2 Å². The van der Waals surface area contributed by atoms with E-state index in [-0.39, 0.29) is 4.96 Å². The number of aromatic nitrogens is 2. The first-order chi connectivity index (χ1) is 12.2. The van der Waals surface area contributed by atoms with Crippen LogP contribution in [0.2, 0.25) is 0 Å². The van der Waals surface area contributed by atoms with E-state index < -0.39 is 23.5 Å². The second-order valence-corrected chi connectivity index (χ2v) is 6.79. The van der Waals surface area contributed by atoms with Crippen LogP contribution < -0.4 is 4.74 Å². The highest BCUT2D eigenvalue weighted by atomic mass is 32.1. The van der Waals surface area contributed by atoms with Gasteiger partial charge in [0.1, 0.15) is 5.75 Å². The number of fused-ring (bicyclic) bond motifs is 1. The summed E-state index contributed by atoms with van der Waals surface area (Å²) < 4.78 is 46.1. The number of rotatable bonds is 5. The lowest BCUT2D eigenvalue weighted by Crippen LogP contribution is -2.14. The van der Waals surface area contributed by atoms with Gasteiger partial charge in [0.2, 0.25) is 0 Å². The summed E-state index contributed by atoms with van der Waals surface area (Å²) in [4.78, 5) is 15.7. The fraction of sp³-hybridized carbons (Fsp3) is 0.294. The number of carbonyl (C=O) groups is 1. The average Bonchev–Trinajstić information content (AvgIpc) is 3.07. The first kappa shape index (κ1) is 18.2. The molecule has 2 aromatic heterocycles. The van der Waals surface area contributed by atoms with E-state index >= 15 is 0 Å². The van der Waals surface area contributed by atoms with Crippen molar-refractivity contribution in [2.24, 2.45) is 0 Å². The van der Waals surface area contributed by atoms with Crippen molar-refractivity contribution in [3.63, 3.8) is 0 Å². The monoisotopic (exact) mass is 384 g/mol. The number of halogens is 3. The van der Waals surface area contributed by atoms with Gasteiger partial charge < -0.3 is 9.84 Å². The van der Waals surface area contributed by atoms with Crippen molar-refractivity contribution >= 4 is 22.3 Å². The zero-order valence-corrected chi connectivity index (χ0v) is 14.7. The molecule has 138 valence electrons. The van der Waals surface area contributed by atoms with Crippen LogP contribution in [0.1, 0.15) is 34.4 Å². The summed E-state index contributed by atoms with van der Waals surface area (Å²) in [6, 6.07) is 6.79. The van der Waals surface area contributed by atoms with Crippen LogP contribution >= 0.6 is 11.3 Å². The normalized spacial score (nSPS) is 11.9. The minimum absolute atomic E-state index is 0.00599. The van der Waals surface area contributed by atoms with Gasteiger partial charge in [-0.05, 0) is 43.2 Å². The molecule has 0 atom stereocenters. The number of imidazole rings is 1. The van der Waals surface area contributed by atoms with E-state index in [1.54, 1.807) is 31.2 Å². The maximum atomic E-state index is 13.2. The first-order valence-electron chi connectivity index (χ1n) is 7.79. The minimum atomic E-state index is -4.84. The molecule has 1 N–H and O–H groups in total. The summed E-state index contributed by atoms with van der Waals surface area (Å²) in [5.74, 6) is -1.04. The molecule has 26 heavy (non-hydrogen) atoms. The first-order valence-corrected chi connectivity index (χ1v) is 8.61. The molecular weight excluding hydrogens is 369 g/mol. The Kier molecular flexibility index (Phi) is 4.66. The Labute approximate surface area is 150 Å². The van der Waals surface area contributed by atoms with Gasteiger partial charge >= 0.3 is 12.1 Å². The van der Waals surface area contributed by atoms with Crippen LogP contribution in [0.15, 0.2) is 24.3 Å². The zero-order chi connectivity index (χ0) is 19.1. The van der Waals surface area contributed by atoms with Gasteiger partial charge in [-0.2, -0.15) is 13.2 Å². The molecule has 0 aliphatic rings. The molecular formula is C17H15F3N2O3S. The Bertz CT molecular complexity index is 958. The third-order valence-electron chi connectivity index (χ3n) is 3.72. The standard InChI is InChI=1S/C17H15F3N2O3S/c1-3-8-25-11-6-4-10(5-7-11)12-9(2)26-16-21-14(17(18,19)20)13(15(23)24)22(12)16/h4-7H,3,8H2,1-2H3,(H,23,24). The van der Waals surface area contributed by atoms with E-state index in [0.717, 1.165) is 22.2 Å². The number of ether oxygens (including phenoxy) is 1. The number of nitrogens with zero attached hydrogens (tertiary/aromatic N) is 2. The largest absolute Gasteiger partial charge is 0.494 e. The van der Waals surface area contributed by atoms with Crippen molar-refractivity contribution in [3.05, 3.63) is 40.5 Å².